The number of fused-ring (bicyclic) bond motifs is 2. The van der Waals surface area contributed by atoms with Crippen LogP contribution >= 0.6 is 0 Å². The van der Waals surface area contributed by atoms with Gasteiger partial charge in [0, 0.05) is 50.4 Å². The molecule has 0 radical (unpaired) electrons. The fourth-order valence-electron chi connectivity index (χ4n) is 7.49. The number of phenolic OH excluding ortho intramolecular Hbond substituents is 1. The van der Waals surface area contributed by atoms with Gasteiger partial charge in [-0.25, -0.2) is 14.8 Å². The lowest BCUT2D eigenvalue weighted by molar-refractivity contribution is -0.189. The molecule has 0 spiro atoms. The number of para-hydroxylation sites is 1. The number of amides is 5. The third-order valence-corrected chi connectivity index (χ3v) is 10.1. The molecule has 13 nitrogen and oxygen atoms in total. The van der Waals surface area contributed by atoms with E-state index in [0.717, 1.165) is 22.2 Å². The number of carbonyl (C=O) groups is 4. The van der Waals surface area contributed by atoms with Crippen LogP contribution in [0.3, 0.4) is 0 Å². The molecule has 2 fully saturated rings. The van der Waals surface area contributed by atoms with Crippen molar-refractivity contribution in [2.45, 2.75) is 31.7 Å². The molecule has 0 aliphatic carbocycles. The van der Waals surface area contributed by atoms with Crippen LogP contribution in [-0.4, -0.2) is 92.2 Å². The largest absolute Gasteiger partial charge is 0.508 e. The maximum atomic E-state index is 14.6. The second kappa shape index (κ2) is 15.8. The molecule has 282 valence electrons. The number of nitrogens with zero attached hydrogens (tertiary/aromatic N) is 5. The number of aromatic nitrogens is 1. The number of aromatic hydroxyl groups is 1. The number of anilines is 1. The number of aryl methyl sites for hydroxylation is 1. The molecule has 0 unspecified atom stereocenters. The molecule has 1 aromatic heterocycles. The summed E-state index contributed by atoms with van der Waals surface area (Å²) < 4.78 is 7.11. The van der Waals surface area contributed by atoms with Crippen LogP contribution in [0.2, 0.25) is 0 Å². The van der Waals surface area contributed by atoms with Gasteiger partial charge in [0.15, 0.2) is 0 Å². The number of carbonyl (C=O) groups excluding carboxylic acids is 4. The van der Waals surface area contributed by atoms with Crippen LogP contribution in [0, 0.1) is 0 Å². The Hall–Kier alpha value is -6.60. The van der Waals surface area contributed by atoms with E-state index < -0.39 is 18.2 Å². The minimum absolute atomic E-state index is 0.0364. The van der Waals surface area contributed by atoms with Crippen molar-refractivity contribution < 1.29 is 29.0 Å². The zero-order valence-corrected chi connectivity index (χ0v) is 30.7. The van der Waals surface area contributed by atoms with Crippen molar-refractivity contribution in [1.29, 1.82) is 0 Å². The SMILES string of the molecule is C=CCN1CC(=O)N2[C@@H](Cc3ccc(O)cc3)C(=O)N(Cc3cccc4c(C(=O)Nc5ccc(OC)cc5)cn(C)c34)C[C@@H]2N1C(=O)NCc1ccccc1. The Morgan fingerprint density at radius 3 is 2.40 bits per heavy atom. The van der Waals surface area contributed by atoms with Crippen molar-refractivity contribution in [3.05, 3.63) is 138 Å². The molecular formula is C42H43N7O6. The van der Waals surface area contributed by atoms with E-state index >= 15 is 0 Å². The number of urea groups is 1. The van der Waals surface area contributed by atoms with Crippen molar-refractivity contribution in [1.82, 2.24) is 29.7 Å². The van der Waals surface area contributed by atoms with E-state index in [1.165, 1.54) is 4.90 Å². The van der Waals surface area contributed by atoms with Crippen LogP contribution in [-0.2, 0) is 36.1 Å². The van der Waals surface area contributed by atoms with E-state index in [9.17, 15) is 24.3 Å². The van der Waals surface area contributed by atoms with E-state index in [2.05, 4.69) is 17.2 Å². The lowest BCUT2D eigenvalue weighted by Crippen LogP contribution is -2.76. The first kappa shape index (κ1) is 36.7. The normalized spacial score (nSPS) is 17.2. The number of benzene rings is 4. The monoisotopic (exact) mass is 741 g/mol. The minimum Gasteiger partial charge on any atom is -0.508 e. The highest BCUT2D eigenvalue weighted by Gasteiger charge is 2.51. The third kappa shape index (κ3) is 7.60. The van der Waals surface area contributed by atoms with Crippen LogP contribution in [0.25, 0.3) is 10.9 Å². The average molecular weight is 742 g/mol. The van der Waals surface area contributed by atoms with E-state index in [4.69, 9.17) is 4.74 Å². The van der Waals surface area contributed by atoms with Gasteiger partial charge in [-0.2, -0.15) is 0 Å². The lowest BCUT2D eigenvalue weighted by Gasteiger charge is -2.55. The quantitative estimate of drug-likeness (QED) is 0.164. The lowest BCUT2D eigenvalue weighted by atomic mass is 9.98. The van der Waals surface area contributed by atoms with Crippen LogP contribution in [0.1, 0.15) is 27.0 Å². The zero-order chi connectivity index (χ0) is 38.6. The predicted octanol–water partition coefficient (Wildman–Crippen LogP) is 4.88. The van der Waals surface area contributed by atoms with Crippen molar-refractivity contribution >= 4 is 40.3 Å². The number of ether oxygens (including phenoxy) is 1. The van der Waals surface area contributed by atoms with Gasteiger partial charge < -0.3 is 34.8 Å². The highest BCUT2D eigenvalue weighted by Crippen LogP contribution is 2.32. The summed E-state index contributed by atoms with van der Waals surface area (Å²) in [6.45, 7) is 4.43. The zero-order valence-electron chi connectivity index (χ0n) is 30.7. The maximum Gasteiger partial charge on any atom is 0.334 e. The summed E-state index contributed by atoms with van der Waals surface area (Å²) in [5, 5.41) is 19.9. The van der Waals surface area contributed by atoms with Crippen LogP contribution in [0.5, 0.6) is 11.5 Å². The molecule has 3 heterocycles. The molecule has 2 atom stereocenters. The Balaban J connectivity index is 1.23. The molecule has 4 aromatic carbocycles. The summed E-state index contributed by atoms with van der Waals surface area (Å²) in [7, 11) is 3.44. The van der Waals surface area contributed by atoms with Crippen molar-refractivity contribution in [2.24, 2.45) is 7.05 Å². The fourth-order valence-corrected chi connectivity index (χ4v) is 7.49. The molecule has 2 aliphatic heterocycles. The fraction of sp³-hybridized carbons (Fsp3) is 0.238. The summed E-state index contributed by atoms with van der Waals surface area (Å²) in [4.78, 5) is 59.6. The molecule has 0 bridgehead atoms. The van der Waals surface area contributed by atoms with Crippen LogP contribution in [0.15, 0.2) is 116 Å². The molecule has 7 rings (SSSR count). The number of phenols is 1. The summed E-state index contributed by atoms with van der Waals surface area (Å²) in [6, 6.07) is 27.5. The average Bonchev–Trinajstić information content (AvgIpc) is 3.54. The topological polar surface area (TPSA) is 140 Å². The summed E-state index contributed by atoms with van der Waals surface area (Å²) in [5.74, 6) is -0.0838. The number of nitrogens with one attached hydrogen (secondary N) is 2. The second-order valence-electron chi connectivity index (χ2n) is 13.7. The molecule has 13 heteroatoms. The van der Waals surface area contributed by atoms with Gasteiger partial charge in [-0.1, -0.05) is 66.7 Å². The van der Waals surface area contributed by atoms with E-state index in [-0.39, 0.29) is 62.6 Å². The third-order valence-electron chi connectivity index (χ3n) is 10.1. The summed E-state index contributed by atoms with van der Waals surface area (Å²) in [6.07, 6.45) is 2.74. The molecule has 5 aromatic rings. The Kier molecular flexibility index (Phi) is 10.5. The maximum absolute atomic E-state index is 14.6. The Bertz CT molecular complexity index is 2220. The van der Waals surface area contributed by atoms with E-state index in [1.54, 1.807) is 82.8 Å². The number of hydrogen-bond acceptors (Lipinski definition) is 7. The first-order chi connectivity index (χ1) is 26.6. The smallest absolute Gasteiger partial charge is 0.334 e. The highest BCUT2D eigenvalue weighted by atomic mass is 16.5. The highest BCUT2D eigenvalue weighted by molar-refractivity contribution is 6.13. The first-order valence-electron chi connectivity index (χ1n) is 18.0. The van der Waals surface area contributed by atoms with Gasteiger partial charge in [0.2, 0.25) is 11.8 Å². The van der Waals surface area contributed by atoms with Crippen molar-refractivity contribution in [2.75, 3.05) is 32.1 Å². The van der Waals surface area contributed by atoms with Crippen molar-refractivity contribution in [3.8, 4) is 11.5 Å². The number of methoxy groups -OCH3 is 1. The Morgan fingerprint density at radius 2 is 1.69 bits per heavy atom. The van der Waals surface area contributed by atoms with E-state index in [0.29, 0.717) is 22.4 Å². The van der Waals surface area contributed by atoms with Crippen LogP contribution in [0.4, 0.5) is 10.5 Å². The van der Waals surface area contributed by atoms with Gasteiger partial charge >= 0.3 is 6.03 Å². The summed E-state index contributed by atoms with van der Waals surface area (Å²) in [5.41, 5.74) is 4.31. The van der Waals surface area contributed by atoms with E-state index in [1.807, 2.05) is 60.1 Å². The van der Waals surface area contributed by atoms with Gasteiger partial charge in [-0.15, -0.1) is 6.58 Å². The molecule has 3 N–H and O–H groups in total. The van der Waals surface area contributed by atoms with Gasteiger partial charge in [-0.05, 0) is 53.1 Å². The molecule has 2 aliphatic rings. The number of piperazine rings is 1. The number of hydrazine groups is 1. The molecule has 0 saturated carbocycles. The number of rotatable bonds is 11. The molecule has 2 saturated heterocycles. The Morgan fingerprint density at radius 1 is 0.945 bits per heavy atom. The van der Waals surface area contributed by atoms with Gasteiger partial charge in [0.05, 0.1) is 31.3 Å². The van der Waals surface area contributed by atoms with Crippen molar-refractivity contribution in [3.63, 3.8) is 0 Å². The molecular weight excluding hydrogens is 699 g/mol. The van der Waals surface area contributed by atoms with Gasteiger partial charge in [0.1, 0.15) is 23.7 Å². The Labute approximate surface area is 319 Å². The molecule has 55 heavy (non-hydrogen) atoms. The summed E-state index contributed by atoms with van der Waals surface area (Å²) >= 11 is 0. The van der Waals surface area contributed by atoms with Crippen LogP contribution < -0.4 is 15.4 Å². The first-order valence-corrected chi connectivity index (χ1v) is 18.0. The molecule has 5 amide bonds. The predicted molar refractivity (Wildman–Crippen MR) is 208 cm³/mol. The second-order valence-corrected chi connectivity index (χ2v) is 13.7. The minimum atomic E-state index is -0.940. The number of hydrogen-bond donors (Lipinski definition) is 3. The van der Waals surface area contributed by atoms with Gasteiger partial charge in [0.25, 0.3) is 5.91 Å². The standard InChI is InChI=1S/C42H43N7O6/c1-4-21-47-27-38(51)48-36(22-28-13-17-32(50)18-14-28)41(53)46(26-37(48)49(47)42(54)43-23-29-9-6-5-7-10-29)24-30-11-8-12-34-35(25-45(2)39(30)34)40(52)44-31-15-19-33(55-3)20-16-31/h4-20,25,36-37,50H,1,21-24,26-27H2,2-3H3,(H,43,54)(H,44,52)/t36-,37-/m0/s1. The van der Waals surface area contributed by atoms with Gasteiger partial charge in [-0.3, -0.25) is 14.4 Å².